The summed E-state index contributed by atoms with van der Waals surface area (Å²) in [4.78, 5) is 14.0. The van der Waals surface area contributed by atoms with Crippen molar-refractivity contribution < 1.29 is 4.79 Å². The zero-order valence-corrected chi connectivity index (χ0v) is 11.8. The van der Waals surface area contributed by atoms with Gasteiger partial charge < -0.3 is 10.6 Å². The van der Waals surface area contributed by atoms with Crippen LogP contribution in [0.25, 0.3) is 0 Å². The molecule has 94 valence electrons. The predicted octanol–water partition coefficient (Wildman–Crippen LogP) is 2.86. The average Bonchev–Trinajstić information content (AvgIpc) is 2.84. The van der Waals surface area contributed by atoms with Crippen LogP contribution < -0.4 is 5.73 Å². The Hall–Kier alpha value is -0.290. The second-order valence-electron chi connectivity index (χ2n) is 4.40. The number of halogens is 2. The first-order valence-corrected chi connectivity index (χ1v) is 7.06. The van der Waals surface area contributed by atoms with Crippen molar-refractivity contribution in [2.24, 2.45) is 11.7 Å². The minimum Gasteiger partial charge on any atom is -0.338 e. The van der Waals surface area contributed by atoms with Gasteiger partial charge in [-0.15, -0.1) is 11.3 Å². The van der Waals surface area contributed by atoms with E-state index in [0.717, 1.165) is 13.0 Å². The molecule has 0 spiro atoms. The Morgan fingerprint density at radius 2 is 2.35 bits per heavy atom. The fourth-order valence-corrected chi connectivity index (χ4v) is 3.51. The van der Waals surface area contributed by atoms with Gasteiger partial charge in [0.2, 0.25) is 0 Å². The van der Waals surface area contributed by atoms with Gasteiger partial charge in [-0.2, -0.15) is 0 Å². The number of nitrogens with two attached hydrogens (primary N) is 1. The summed E-state index contributed by atoms with van der Waals surface area (Å²) in [7, 11) is 0. The first-order chi connectivity index (χ1) is 7.99. The highest BCUT2D eigenvalue weighted by molar-refractivity contribution is 7.20. The third-order valence-corrected chi connectivity index (χ3v) is 4.63. The molecule has 2 rings (SSSR count). The Morgan fingerprint density at radius 1 is 1.65 bits per heavy atom. The van der Waals surface area contributed by atoms with Crippen molar-refractivity contribution in [2.45, 2.75) is 19.4 Å². The lowest BCUT2D eigenvalue weighted by Crippen LogP contribution is -2.32. The molecule has 2 unspecified atom stereocenters. The van der Waals surface area contributed by atoms with Crippen molar-refractivity contribution in [3.63, 3.8) is 0 Å². The highest BCUT2D eigenvalue weighted by Gasteiger charge is 2.30. The van der Waals surface area contributed by atoms with E-state index in [-0.39, 0.29) is 11.9 Å². The Balaban J connectivity index is 2.09. The zero-order valence-electron chi connectivity index (χ0n) is 9.45. The molecule has 1 aliphatic heterocycles. The molecule has 17 heavy (non-hydrogen) atoms. The van der Waals surface area contributed by atoms with Crippen LogP contribution in [0.5, 0.6) is 0 Å². The lowest BCUT2D eigenvalue weighted by Gasteiger charge is -2.17. The molecule has 2 atom stereocenters. The fourth-order valence-electron chi connectivity index (χ4n) is 2.06. The van der Waals surface area contributed by atoms with E-state index in [4.69, 9.17) is 28.9 Å². The van der Waals surface area contributed by atoms with Crippen LogP contribution in [0.2, 0.25) is 8.67 Å². The van der Waals surface area contributed by atoms with Crippen molar-refractivity contribution in [2.75, 3.05) is 13.1 Å². The molecule has 0 radical (unpaired) electrons. The summed E-state index contributed by atoms with van der Waals surface area (Å²) in [5.74, 6) is 0.341. The smallest absolute Gasteiger partial charge is 0.256 e. The summed E-state index contributed by atoms with van der Waals surface area (Å²) < 4.78 is 1.01. The average molecular weight is 293 g/mol. The normalized spacial score (nSPS) is 21.9. The van der Waals surface area contributed by atoms with Crippen molar-refractivity contribution in [3.05, 3.63) is 20.3 Å². The summed E-state index contributed by atoms with van der Waals surface area (Å²) >= 11 is 13.0. The highest BCUT2D eigenvalue weighted by Crippen LogP contribution is 2.33. The summed E-state index contributed by atoms with van der Waals surface area (Å²) in [6.07, 6.45) is 0.957. The van der Waals surface area contributed by atoms with Gasteiger partial charge in [-0.3, -0.25) is 4.79 Å². The quantitative estimate of drug-likeness (QED) is 0.911. The van der Waals surface area contributed by atoms with Gasteiger partial charge in [0, 0.05) is 19.1 Å². The van der Waals surface area contributed by atoms with Gasteiger partial charge in [-0.25, -0.2) is 0 Å². The number of thiophene rings is 1. The third-order valence-electron chi connectivity index (χ3n) is 3.14. The van der Waals surface area contributed by atoms with Gasteiger partial charge in [-0.1, -0.05) is 23.2 Å². The fraction of sp³-hybridized carbons (Fsp3) is 0.545. The molecule has 1 aromatic rings. The van der Waals surface area contributed by atoms with Crippen LogP contribution >= 0.6 is 34.5 Å². The van der Waals surface area contributed by atoms with Gasteiger partial charge in [0.05, 0.1) is 9.90 Å². The van der Waals surface area contributed by atoms with E-state index in [0.29, 0.717) is 26.7 Å². The highest BCUT2D eigenvalue weighted by atomic mass is 35.5. The molecule has 3 nitrogen and oxygen atoms in total. The van der Waals surface area contributed by atoms with E-state index in [1.165, 1.54) is 11.3 Å². The zero-order chi connectivity index (χ0) is 12.6. The number of hydrogen-bond acceptors (Lipinski definition) is 3. The maximum atomic E-state index is 12.2. The number of carbonyl (C=O) groups excluding carboxylic acids is 1. The SMILES string of the molecule is CC(N)C1CCN(C(=O)c2cc(Cl)sc2Cl)C1. The van der Waals surface area contributed by atoms with Crippen molar-refractivity contribution >= 4 is 40.4 Å². The molecule has 1 fully saturated rings. The molecule has 0 saturated carbocycles. The van der Waals surface area contributed by atoms with Gasteiger partial charge in [0.1, 0.15) is 4.34 Å². The first kappa shape index (κ1) is 13.1. The summed E-state index contributed by atoms with van der Waals surface area (Å²) in [5, 5.41) is 0. The van der Waals surface area contributed by atoms with Crippen LogP contribution in [0.4, 0.5) is 0 Å². The summed E-state index contributed by atoms with van der Waals surface area (Å²) in [6, 6.07) is 1.75. The Morgan fingerprint density at radius 3 is 2.82 bits per heavy atom. The van der Waals surface area contributed by atoms with Gasteiger partial charge >= 0.3 is 0 Å². The maximum Gasteiger partial charge on any atom is 0.256 e. The Bertz CT molecular complexity index is 433. The Labute approximate surface area is 114 Å². The molecule has 2 heterocycles. The van der Waals surface area contributed by atoms with Crippen LogP contribution in [-0.4, -0.2) is 29.9 Å². The van der Waals surface area contributed by atoms with E-state index < -0.39 is 0 Å². The Kier molecular flexibility index (Phi) is 3.98. The second kappa shape index (κ2) is 5.14. The molecule has 0 aromatic carbocycles. The van der Waals surface area contributed by atoms with E-state index in [1.807, 2.05) is 6.92 Å². The number of rotatable bonds is 2. The molecule has 0 bridgehead atoms. The number of likely N-dealkylation sites (tertiary alicyclic amines) is 1. The van der Waals surface area contributed by atoms with Gasteiger partial charge in [0.25, 0.3) is 5.91 Å². The maximum absolute atomic E-state index is 12.2. The molecule has 0 aliphatic carbocycles. The van der Waals surface area contributed by atoms with Crippen LogP contribution in [0, 0.1) is 5.92 Å². The summed E-state index contributed by atoms with van der Waals surface area (Å²) in [6.45, 7) is 3.43. The molecule has 1 aliphatic rings. The molecule has 1 aromatic heterocycles. The van der Waals surface area contributed by atoms with Gasteiger partial charge in [-0.05, 0) is 25.3 Å². The van der Waals surface area contributed by atoms with E-state index in [2.05, 4.69) is 0 Å². The minimum absolute atomic E-state index is 0.0405. The van der Waals surface area contributed by atoms with Crippen LogP contribution in [0.3, 0.4) is 0 Å². The molecule has 2 N–H and O–H groups in total. The predicted molar refractivity (Wildman–Crippen MR) is 72.0 cm³/mol. The van der Waals surface area contributed by atoms with E-state index >= 15 is 0 Å². The standard InChI is InChI=1S/C11H14Cl2N2OS/c1-6(14)7-2-3-15(5-7)11(16)8-4-9(12)17-10(8)13/h4,6-7H,2-3,5,14H2,1H3. The molecule has 6 heteroatoms. The number of amides is 1. The molecular weight excluding hydrogens is 279 g/mol. The largest absolute Gasteiger partial charge is 0.338 e. The third kappa shape index (κ3) is 2.76. The number of hydrogen-bond donors (Lipinski definition) is 1. The second-order valence-corrected chi connectivity index (χ2v) is 6.68. The van der Waals surface area contributed by atoms with Crippen molar-refractivity contribution in [1.29, 1.82) is 0 Å². The lowest BCUT2D eigenvalue weighted by molar-refractivity contribution is 0.0786. The van der Waals surface area contributed by atoms with Gasteiger partial charge in [0.15, 0.2) is 0 Å². The topological polar surface area (TPSA) is 46.3 Å². The summed E-state index contributed by atoms with van der Waals surface area (Å²) in [5.41, 5.74) is 6.36. The number of nitrogens with zero attached hydrogens (tertiary/aromatic N) is 1. The van der Waals surface area contributed by atoms with Crippen molar-refractivity contribution in [3.8, 4) is 0 Å². The van der Waals surface area contributed by atoms with Crippen LogP contribution in [-0.2, 0) is 0 Å². The van der Waals surface area contributed by atoms with E-state index in [1.54, 1.807) is 11.0 Å². The van der Waals surface area contributed by atoms with E-state index in [9.17, 15) is 4.79 Å². The van der Waals surface area contributed by atoms with Crippen molar-refractivity contribution in [1.82, 2.24) is 4.90 Å². The van der Waals surface area contributed by atoms with Crippen LogP contribution in [0.1, 0.15) is 23.7 Å². The molecule has 1 amide bonds. The van der Waals surface area contributed by atoms with Crippen LogP contribution in [0.15, 0.2) is 6.07 Å². The monoisotopic (exact) mass is 292 g/mol. The minimum atomic E-state index is -0.0405. The molecule has 1 saturated heterocycles. The number of carbonyl (C=O) groups is 1. The molecular formula is C11H14Cl2N2OS. The first-order valence-electron chi connectivity index (χ1n) is 5.48. The lowest BCUT2D eigenvalue weighted by atomic mass is 10.0.